The molecule has 1 atom stereocenters. The number of ether oxygens (including phenoxy) is 1. The van der Waals surface area contributed by atoms with Crippen molar-refractivity contribution in [1.82, 2.24) is 5.32 Å². The number of anilines is 1. The van der Waals surface area contributed by atoms with Crippen LogP contribution in [0.4, 0.5) is 5.69 Å². The van der Waals surface area contributed by atoms with Gasteiger partial charge in [0, 0.05) is 13.1 Å². The van der Waals surface area contributed by atoms with Gasteiger partial charge in [0.25, 0.3) is 0 Å². The number of piperidine rings is 1. The van der Waals surface area contributed by atoms with E-state index in [0.717, 1.165) is 37.8 Å². The van der Waals surface area contributed by atoms with E-state index in [1.54, 1.807) is 0 Å². The molecule has 2 aliphatic rings. The summed E-state index contributed by atoms with van der Waals surface area (Å²) in [5.41, 5.74) is 1.28. The molecule has 1 fully saturated rings. The topological polar surface area (TPSA) is 24.5 Å². The van der Waals surface area contributed by atoms with Crippen LogP contribution in [0.1, 0.15) is 32.1 Å². The molecule has 3 heteroatoms. The molecule has 1 N–H and O–H groups in total. The predicted molar refractivity (Wildman–Crippen MR) is 83.6 cm³/mol. The van der Waals surface area contributed by atoms with Crippen molar-refractivity contribution in [2.24, 2.45) is 5.92 Å². The normalized spacial score (nSPS) is 22.8. The van der Waals surface area contributed by atoms with E-state index in [9.17, 15) is 0 Å². The van der Waals surface area contributed by atoms with Gasteiger partial charge in [-0.15, -0.1) is 0 Å². The summed E-state index contributed by atoms with van der Waals surface area (Å²) >= 11 is 0. The van der Waals surface area contributed by atoms with Crippen molar-refractivity contribution in [2.75, 3.05) is 37.7 Å². The summed E-state index contributed by atoms with van der Waals surface area (Å²) in [5.74, 6) is 1.95. The average Bonchev–Trinajstić information content (AvgIpc) is 2.71. The van der Waals surface area contributed by atoms with Gasteiger partial charge in [-0.05, 0) is 63.2 Å². The fraction of sp³-hybridized carbons (Fsp3) is 0.647. The van der Waals surface area contributed by atoms with E-state index in [4.69, 9.17) is 4.74 Å². The smallest absolute Gasteiger partial charge is 0.142 e. The number of hydrogen-bond acceptors (Lipinski definition) is 3. The van der Waals surface area contributed by atoms with E-state index in [1.165, 1.54) is 44.5 Å². The van der Waals surface area contributed by atoms with Crippen molar-refractivity contribution < 1.29 is 4.74 Å². The number of rotatable bonds is 4. The second-order valence-corrected chi connectivity index (χ2v) is 6.01. The van der Waals surface area contributed by atoms with Gasteiger partial charge in [-0.2, -0.15) is 0 Å². The van der Waals surface area contributed by atoms with Crippen LogP contribution in [0.5, 0.6) is 5.75 Å². The molecule has 1 saturated heterocycles. The quantitative estimate of drug-likeness (QED) is 0.913. The second kappa shape index (κ2) is 6.98. The third-order valence-electron chi connectivity index (χ3n) is 4.48. The molecule has 3 rings (SSSR count). The summed E-state index contributed by atoms with van der Waals surface area (Å²) in [6, 6.07) is 8.48. The molecule has 20 heavy (non-hydrogen) atoms. The van der Waals surface area contributed by atoms with E-state index in [-0.39, 0.29) is 0 Å². The molecule has 1 aromatic carbocycles. The summed E-state index contributed by atoms with van der Waals surface area (Å²) in [6.45, 7) is 5.57. The number of fused-ring (bicyclic) bond motifs is 1. The Morgan fingerprint density at radius 1 is 1.25 bits per heavy atom. The Balaban J connectivity index is 1.54. The third-order valence-corrected chi connectivity index (χ3v) is 4.48. The van der Waals surface area contributed by atoms with Crippen molar-refractivity contribution in [3.05, 3.63) is 24.3 Å². The molecule has 3 nitrogen and oxygen atoms in total. The first-order valence-electron chi connectivity index (χ1n) is 8.11. The van der Waals surface area contributed by atoms with Gasteiger partial charge in [-0.25, -0.2) is 0 Å². The van der Waals surface area contributed by atoms with Crippen LogP contribution in [0.2, 0.25) is 0 Å². The van der Waals surface area contributed by atoms with E-state index >= 15 is 0 Å². The molecule has 0 saturated carbocycles. The SMILES string of the molecule is c1ccc2c(c1)OCCCN2CCCC1CCCNC1. The fourth-order valence-corrected chi connectivity index (χ4v) is 3.37. The van der Waals surface area contributed by atoms with E-state index in [1.807, 2.05) is 0 Å². The first-order valence-corrected chi connectivity index (χ1v) is 8.11. The Bertz CT molecular complexity index is 415. The molecule has 110 valence electrons. The first kappa shape index (κ1) is 13.7. The van der Waals surface area contributed by atoms with Crippen molar-refractivity contribution in [3.63, 3.8) is 0 Å². The van der Waals surface area contributed by atoms with Crippen LogP contribution < -0.4 is 15.0 Å². The highest BCUT2D eigenvalue weighted by Gasteiger charge is 2.17. The number of benzene rings is 1. The molecular formula is C17H26N2O. The number of hydrogen-bond donors (Lipinski definition) is 1. The van der Waals surface area contributed by atoms with Crippen molar-refractivity contribution in [3.8, 4) is 5.75 Å². The van der Waals surface area contributed by atoms with Gasteiger partial charge >= 0.3 is 0 Å². The minimum atomic E-state index is 0.847. The highest BCUT2D eigenvalue weighted by Crippen LogP contribution is 2.30. The Kier molecular flexibility index (Phi) is 4.80. The molecule has 2 aliphatic heterocycles. The number of para-hydroxylation sites is 2. The summed E-state index contributed by atoms with van der Waals surface area (Å²) in [7, 11) is 0. The lowest BCUT2D eigenvalue weighted by molar-refractivity contribution is 0.322. The number of nitrogens with one attached hydrogen (secondary N) is 1. The van der Waals surface area contributed by atoms with Crippen LogP contribution in [-0.4, -0.2) is 32.8 Å². The van der Waals surface area contributed by atoms with Crippen molar-refractivity contribution in [1.29, 1.82) is 0 Å². The summed E-state index contributed by atoms with van der Waals surface area (Å²) < 4.78 is 5.82. The maximum absolute atomic E-state index is 5.82. The van der Waals surface area contributed by atoms with Gasteiger partial charge in [0.2, 0.25) is 0 Å². The molecule has 0 spiro atoms. The standard InChI is InChI=1S/C17H26N2O/c1-2-9-17-16(8-1)19(12-5-13-20-17)11-4-7-15-6-3-10-18-14-15/h1-2,8-9,15,18H,3-7,10-14H2. The lowest BCUT2D eigenvalue weighted by atomic mass is 9.94. The monoisotopic (exact) mass is 274 g/mol. The Morgan fingerprint density at radius 3 is 3.10 bits per heavy atom. The Morgan fingerprint density at radius 2 is 2.20 bits per heavy atom. The van der Waals surface area contributed by atoms with Gasteiger partial charge in [-0.1, -0.05) is 12.1 Å². The molecule has 0 aromatic heterocycles. The van der Waals surface area contributed by atoms with E-state index in [2.05, 4.69) is 34.5 Å². The van der Waals surface area contributed by atoms with Crippen LogP contribution >= 0.6 is 0 Å². The fourth-order valence-electron chi connectivity index (χ4n) is 3.37. The largest absolute Gasteiger partial charge is 0.491 e. The Hall–Kier alpha value is -1.22. The van der Waals surface area contributed by atoms with Crippen LogP contribution in [0, 0.1) is 5.92 Å². The molecule has 0 aliphatic carbocycles. The lowest BCUT2D eigenvalue weighted by Gasteiger charge is -2.26. The van der Waals surface area contributed by atoms with Crippen LogP contribution in [0.15, 0.2) is 24.3 Å². The van der Waals surface area contributed by atoms with Gasteiger partial charge in [0.1, 0.15) is 5.75 Å². The number of nitrogens with zero attached hydrogens (tertiary/aromatic N) is 1. The van der Waals surface area contributed by atoms with Crippen molar-refractivity contribution >= 4 is 5.69 Å². The maximum atomic E-state index is 5.82. The molecule has 1 unspecified atom stereocenters. The minimum Gasteiger partial charge on any atom is -0.491 e. The zero-order valence-corrected chi connectivity index (χ0v) is 12.3. The molecular weight excluding hydrogens is 248 g/mol. The third kappa shape index (κ3) is 3.45. The van der Waals surface area contributed by atoms with Crippen molar-refractivity contribution in [2.45, 2.75) is 32.1 Å². The molecule has 2 heterocycles. The first-order chi connectivity index (χ1) is 9.93. The summed E-state index contributed by atoms with van der Waals surface area (Å²) in [6.07, 6.45) is 6.53. The summed E-state index contributed by atoms with van der Waals surface area (Å²) in [4.78, 5) is 2.51. The van der Waals surface area contributed by atoms with Crippen LogP contribution in [-0.2, 0) is 0 Å². The van der Waals surface area contributed by atoms with Gasteiger partial charge < -0.3 is 15.0 Å². The second-order valence-electron chi connectivity index (χ2n) is 6.01. The predicted octanol–water partition coefficient (Wildman–Crippen LogP) is 3.06. The lowest BCUT2D eigenvalue weighted by Crippen LogP contribution is -2.31. The van der Waals surface area contributed by atoms with Gasteiger partial charge in [-0.3, -0.25) is 0 Å². The molecule has 1 aromatic rings. The van der Waals surface area contributed by atoms with Crippen LogP contribution in [0.3, 0.4) is 0 Å². The highest BCUT2D eigenvalue weighted by atomic mass is 16.5. The van der Waals surface area contributed by atoms with Gasteiger partial charge in [0.05, 0.1) is 12.3 Å². The van der Waals surface area contributed by atoms with E-state index < -0.39 is 0 Å². The molecule has 0 amide bonds. The zero-order chi connectivity index (χ0) is 13.6. The zero-order valence-electron chi connectivity index (χ0n) is 12.3. The average molecular weight is 274 g/mol. The van der Waals surface area contributed by atoms with Gasteiger partial charge in [0.15, 0.2) is 0 Å². The summed E-state index contributed by atoms with van der Waals surface area (Å²) in [5, 5.41) is 3.52. The molecule has 0 radical (unpaired) electrons. The van der Waals surface area contributed by atoms with E-state index in [0.29, 0.717) is 0 Å². The Labute approximate surface area is 122 Å². The minimum absolute atomic E-state index is 0.847. The maximum Gasteiger partial charge on any atom is 0.142 e. The highest BCUT2D eigenvalue weighted by molar-refractivity contribution is 5.58. The molecule has 0 bridgehead atoms. The van der Waals surface area contributed by atoms with Crippen LogP contribution in [0.25, 0.3) is 0 Å².